The van der Waals surface area contributed by atoms with E-state index in [0.29, 0.717) is 17.5 Å². The van der Waals surface area contributed by atoms with Gasteiger partial charge in [0.15, 0.2) is 11.7 Å². The lowest BCUT2D eigenvalue weighted by molar-refractivity contribution is -0.167. The highest BCUT2D eigenvalue weighted by molar-refractivity contribution is 7.89. The number of aliphatic hydroxyl groups excluding tert-OH is 1. The number of carbonyl (C=O) groups is 1. The predicted molar refractivity (Wildman–Crippen MR) is 129 cm³/mol. The lowest BCUT2D eigenvalue weighted by Crippen LogP contribution is -2.49. The first-order valence-electron chi connectivity index (χ1n) is 11.0. The Labute approximate surface area is 200 Å². The molecule has 0 aliphatic heterocycles. The van der Waals surface area contributed by atoms with E-state index in [1.165, 1.54) is 16.4 Å². The summed E-state index contributed by atoms with van der Waals surface area (Å²) >= 11 is 0. The van der Waals surface area contributed by atoms with Crippen molar-refractivity contribution in [2.45, 2.75) is 29.9 Å². The van der Waals surface area contributed by atoms with Gasteiger partial charge in [0.2, 0.25) is 10.0 Å². The second-order valence-electron chi connectivity index (χ2n) is 7.77. The summed E-state index contributed by atoms with van der Waals surface area (Å²) in [7, 11) is -3.77. The van der Waals surface area contributed by atoms with E-state index < -0.39 is 27.7 Å². The number of hydrogen-bond donors (Lipinski definition) is 2. The Bertz CT molecular complexity index is 1110. The summed E-state index contributed by atoms with van der Waals surface area (Å²) in [5.74, 6) is -1.45. The summed E-state index contributed by atoms with van der Waals surface area (Å²) in [6.45, 7) is 1.99. The van der Waals surface area contributed by atoms with Crippen LogP contribution in [0.25, 0.3) is 0 Å². The minimum atomic E-state index is -3.77. The zero-order chi connectivity index (χ0) is 24.6. The number of aliphatic carboxylic acids is 1. The van der Waals surface area contributed by atoms with Gasteiger partial charge in [-0.05, 0) is 29.7 Å². The van der Waals surface area contributed by atoms with Gasteiger partial charge in [-0.1, -0.05) is 85.8 Å². The van der Waals surface area contributed by atoms with Crippen molar-refractivity contribution in [2.75, 3.05) is 19.7 Å². The van der Waals surface area contributed by atoms with Crippen LogP contribution in [0.3, 0.4) is 0 Å². The summed E-state index contributed by atoms with van der Waals surface area (Å²) in [5, 5.41) is 20.7. The van der Waals surface area contributed by atoms with E-state index in [1.807, 2.05) is 6.92 Å². The van der Waals surface area contributed by atoms with Gasteiger partial charge in [0.25, 0.3) is 0 Å². The molecule has 8 heteroatoms. The molecule has 1 atom stereocenters. The van der Waals surface area contributed by atoms with Crippen molar-refractivity contribution in [3.8, 4) is 0 Å². The van der Waals surface area contributed by atoms with E-state index in [-0.39, 0.29) is 24.6 Å². The smallest absolute Gasteiger partial charge is 0.336 e. The molecule has 0 aliphatic carbocycles. The molecule has 180 valence electrons. The van der Waals surface area contributed by atoms with Crippen LogP contribution >= 0.6 is 0 Å². The Balaban J connectivity index is 1.98. The molecule has 7 nitrogen and oxygen atoms in total. The normalized spacial score (nSPS) is 13.0. The number of sulfonamides is 1. The molecule has 3 aromatic carbocycles. The van der Waals surface area contributed by atoms with Crippen molar-refractivity contribution in [1.29, 1.82) is 0 Å². The Morgan fingerprint density at radius 1 is 0.882 bits per heavy atom. The zero-order valence-electron chi connectivity index (χ0n) is 18.9. The fourth-order valence-electron chi connectivity index (χ4n) is 3.92. The molecule has 0 heterocycles. The first kappa shape index (κ1) is 25.6. The summed E-state index contributed by atoms with van der Waals surface area (Å²) in [5.41, 5.74) is -0.837. The zero-order valence-corrected chi connectivity index (χ0v) is 19.8. The predicted octanol–water partition coefficient (Wildman–Crippen LogP) is 3.49. The number of carboxylic acids is 1. The Morgan fingerprint density at radius 3 is 1.79 bits per heavy atom. The molecule has 3 aromatic rings. The largest absolute Gasteiger partial charge is 0.479 e. The summed E-state index contributed by atoms with van der Waals surface area (Å²) < 4.78 is 33.9. The average molecular weight is 484 g/mol. The maximum Gasteiger partial charge on any atom is 0.336 e. The van der Waals surface area contributed by atoms with Gasteiger partial charge in [0.1, 0.15) is 0 Å². The first-order valence-corrected chi connectivity index (χ1v) is 12.5. The maximum atomic E-state index is 13.2. The Hall–Kier alpha value is -3.04. The Morgan fingerprint density at radius 2 is 1.35 bits per heavy atom. The molecule has 3 rings (SSSR count). The number of carboxylic acid groups (broad SMARTS) is 1. The van der Waals surface area contributed by atoms with Gasteiger partial charge in [-0.25, -0.2) is 13.2 Å². The van der Waals surface area contributed by atoms with Gasteiger partial charge >= 0.3 is 5.97 Å². The fraction of sp³-hybridized carbons (Fsp3) is 0.269. The molecule has 0 radical (unpaired) electrons. The summed E-state index contributed by atoms with van der Waals surface area (Å²) in [6.07, 6.45) is -1.34. The number of aliphatic hydroxyl groups is 1. The molecular weight excluding hydrogens is 454 g/mol. The van der Waals surface area contributed by atoms with Gasteiger partial charge in [-0.15, -0.1) is 0 Å². The third-order valence-corrected chi connectivity index (χ3v) is 7.46. The van der Waals surface area contributed by atoms with Crippen LogP contribution < -0.4 is 0 Å². The van der Waals surface area contributed by atoms with Crippen molar-refractivity contribution in [2.24, 2.45) is 0 Å². The van der Waals surface area contributed by atoms with Crippen molar-refractivity contribution in [1.82, 2.24) is 4.31 Å². The summed E-state index contributed by atoms with van der Waals surface area (Å²) in [6, 6.07) is 25.3. The monoisotopic (exact) mass is 483 g/mol. The van der Waals surface area contributed by atoms with Gasteiger partial charge in [-0.3, -0.25) is 0 Å². The molecule has 0 saturated heterocycles. The van der Waals surface area contributed by atoms with Crippen LogP contribution in [-0.2, 0) is 25.2 Å². The highest BCUT2D eigenvalue weighted by Crippen LogP contribution is 2.37. The van der Waals surface area contributed by atoms with Crippen LogP contribution in [0.2, 0.25) is 0 Å². The van der Waals surface area contributed by atoms with Gasteiger partial charge in [-0.2, -0.15) is 4.31 Å². The highest BCUT2D eigenvalue weighted by atomic mass is 32.2. The van der Waals surface area contributed by atoms with Crippen molar-refractivity contribution in [3.63, 3.8) is 0 Å². The van der Waals surface area contributed by atoms with Gasteiger partial charge in [0, 0.05) is 13.1 Å². The van der Waals surface area contributed by atoms with Crippen molar-refractivity contribution >= 4 is 16.0 Å². The van der Waals surface area contributed by atoms with Crippen LogP contribution in [-0.4, -0.2) is 54.7 Å². The van der Waals surface area contributed by atoms with Crippen LogP contribution in [0.4, 0.5) is 0 Å². The molecule has 34 heavy (non-hydrogen) atoms. The van der Waals surface area contributed by atoms with Crippen LogP contribution in [0.15, 0.2) is 95.9 Å². The SMILES string of the molecule is CCCN(CCOC(c1ccccc1)(c1ccccc1)C(O)C(=O)O)S(=O)(=O)c1ccccc1. The molecule has 0 aliphatic rings. The lowest BCUT2D eigenvalue weighted by atomic mass is 9.81. The van der Waals surface area contributed by atoms with Gasteiger partial charge in [0.05, 0.1) is 11.5 Å². The maximum absolute atomic E-state index is 13.2. The van der Waals surface area contributed by atoms with Crippen LogP contribution in [0.1, 0.15) is 24.5 Å². The van der Waals surface area contributed by atoms with Crippen LogP contribution in [0.5, 0.6) is 0 Å². The number of benzene rings is 3. The molecule has 1 unspecified atom stereocenters. The average Bonchev–Trinajstić information content (AvgIpc) is 2.87. The summed E-state index contributed by atoms with van der Waals surface area (Å²) in [4.78, 5) is 12.2. The third-order valence-electron chi connectivity index (χ3n) is 5.55. The number of nitrogens with zero attached hydrogens (tertiary/aromatic N) is 1. The van der Waals surface area contributed by atoms with E-state index in [0.717, 1.165) is 0 Å². The minimum Gasteiger partial charge on any atom is -0.479 e. The molecular formula is C26H29NO6S. The molecule has 0 amide bonds. The standard InChI is InChI=1S/C26H29NO6S/c1-2-18-27(34(31,32)23-16-10-5-11-17-23)19-20-33-26(24(28)25(29)30,21-12-6-3-7-13-21)22-14-8-4-9-15-22/h3-17,24,28H,2,18-20H2,1H3,(H,29,30). The van der Waals surface area contributed by atoms with E-state index in [9.17, 15) is 23.4 Å². The van der Waals surface area contributed by atoms with E-state index >= 15 is 0 Å². The van der Waals surface area contributed by atoms with E-state index in [4.69, 9.17) is 4.74 Å². The third kappa shape index (κ3) is 5.37. The number of hydrogen-bond acceptors (Lipinski definition) is 5. The van der Waals surface area contributed by atoms with Gasteiger partial charge < -0.3 is 14.9 Å². The molecule has 2 N–H and O–H groups in total. The van der Waals surface area contributed by atoms with E-state index in [2.05, 4.69) is 0 Å². The highest BCUT2D eigenvalue weighted by Gasteiger charge is 2.47. The molecule has 0 saturated carbocycles. The molecule has 0 spiro atoms. The van der Waals surface area contributed by atoms with Crippen molar-refractivity contribution < 1.29 is 28.2 Å². The number of ether oxygens (including phenoxy) is 1. The Kier molecular flexibility index (Phi) is 8.57. The van der Waals surface area contributed by atoms with E-state index in [1.54, 1.807) is 78.9 Å². The lowest BCUT2D eigenvalue weighted by Gasteiger charge is -2.37. The van der Waals surface area contributed by atoms with Crippen molar-refractivity contribution in [3.05, 3.63) is 102 Å². The van der Waals surface area contributed by atoms with Crippen LogP contribution in [0, 0.1) is 0 Å². The second-order valence-corrected chi connectivity index (χ2v) is 9.71. The number of rotatable bonds is 12. The minimum absolute atomic E-state index is 0.0151. The molecule has 0 fully saturated rings. The quantitative estimate of drug-likeness (QED) is 0.409. The molecule has 0 bridgehead atoms. The first-order chi connectivity index (χ1) is 16.3. The molecule has 0 aromatic heterocycles. The topological polar surface area (TPSA) is 104 Å². The second kappa shape index (κ2) is 11.4. The fourth-order valence-corrected chi connectivity index (χ4v) is 5.46.